The molecule has 0 bridgehead atoms. The van der Waals surface area contributed by atoms with Crippen LogP contribution >= 0.6 is 0 Å². The zero-order valence-corrected chi connectivity index (χ0v) is 74.0. The van der Waals surface area contributed by atoms with E-state index in [1.54, 1.807) is 91.8 Å². The fourth-order valence-electron chi connectivity index (χ4n) is 17.5. The van der Waals surface area contributed by atoms with E-state index in [0.29, 0.717) is 41.8 Å². The number of hydrogen-bond donors (Lipinski definition) is 0. The summed E-state index contributed by atoms with van der Waals surface area (Å²) in [5.74, 6) is 1.58. The van der Waals surface area contributed by atoms with Gasteiger partial charge in [-0.05, 0) is 260 Å². The third-order valence-corrected chi connectivity index (χ3v) is 24.9. The standard InChI is InChI=1S/C31H30N4O2.C25H24N6O2.C25H27N5O.C24H25N5O2/c36-31-21-29(37-23-24-8-10-26(11-9-24)25-6-2-1-3-7-25)14-17-34(31)28-12-13-30-27(20-28)22-32-35(30)19-18-33-15-4-5-16-33;1-26-20-4-5-21(27-17-20)18-33-23-8-11-30(25(32)15-23)22-6-7-24-19(14-22)16-28-31(24)13-12-29-9-2-3-10-29;31-25-17-20(6-7-22-5-1-2-11-26-22)10-14-29(25)23-8-9-24-21(18-23)19-27-30(24)16-15-28-12-3-4-13-28;30-24-15-22(31-18-19-4-3-8-25-16-19)7-11-28(24)21-5-6-23-20(14-21)17-26-29(23)13-12-27-9-1-2-10-27/h1-3,6-14,17,20-22H,4-5,15-16,18-19,23H2;4-8,11,14-17H,2-3,9-10,12-13,18H2;1-2,5,8-11,14,17-19H,3-4,6-7,12-13,15-16H2;3-8,11,14-17H,1-2,9-10,12-13,18H2. The first-order valence-corrected chi connectivity index (χ1v) is 45.7. The Morgan fingerprint density at radius 3 is 1.08 bits per heavy atom. The second-order valence-electron chi connectivity index (χ2n) is 33.8. The average Bonchev–Trinajstić information content (AvgIpc) is 1.69. The van der Waals surface area contributed by atoms with Crippen LogP contribution in [0.5, 0.6) is 17.2 Å². The van der Waals surface area contributed by atoms with Gasteiger partial charge in [-0.25, -0.2) is 4.85 Å². The van der Waals surface area contributed by atoms with Crippen LogP contribution in [-0.2, 0) is 58.8 Å². The Morgan fingerprint density at radius 1 is 0.303 bits per heavy atom. The molecule has 4 aliphatic heterocycles. The molecule has 0 aliphatic carbocycles. The average molecular weight is 1760 g/mol. The molecule has 4 fully saturated rings. The van der Waals surface area contributed by atoms with Crippen molar-refractivity contribution in [2.45, 2.75) is 110 Å². The van der Waals surface area contributed by atoms with E-state index in [9.17, 15) is 19.2 Å². The normalized spacial score (nSPS) is 14.1. The van der Waals surface area contributed by atoms with Crippen LogP contribution < -0.4 is 36.4 Å². The van der Waals surface area contributed by atoms with Gasteiger partial charge in [0.15, 0.2) is 0 Å². The molecule has 4 aliphatic rings. The van der Waals surface area contributed by atoms with Crippen LogP contribution in [0.15, 0.2) is 312 Å². The number of aromatic nitrogens is 15. The van der Waals surface area contributed by atoms with Crippen molar-refractivity contribution in [1.82, 2.24) is 91.9 Å². The van der Waals surface area contributed by atoms with Crippen molar-refractivity contribution in [3.63, 3.8) is 0 Å². The van der Waals surface area contributed by atoms with Crippen LogP contribution in [0, 0.1) is 6.57 Å². The monoisotopic (exact) mass is 1760 g/mol. The van der Waals surface area contributed by atoms with Gasteiger partial charge in [0.1, 0.15) is 37.1 Å². The van der Waals surface area contributed by atoms with E-state index in [0.717, 1.165) is 154 Å². The smallest absolute Gasteiger partial charge is 0.258 e. The molecule has 132 heavy (non-hydrogen) atoms. The first-order chi connectivity index (χ1) is 64.9. The molecular formula is C105H106N20O7. The van der Waals surface area contributed by atoms with Crippen LogP contribution in [0.4, 0.5) is 5.69 Å². The Labute approximate surface area is 764 Å². The number of likely N-dealkylation sites (tertiary alicyclic amines) is 4. The molecule has 27 heteroatoms. The van der Waals surface area contributed by atoms with E-state index in [4.69, 9.17) is 20.8 Å². The van der Waals surface area contributed by atoms with Gasteiger partial charge in [-0.1, -0.05) is 72.8 Å². The topological polar surface area (TPSA) is 243 Å². The molecule has 21 rings (SSSR count). The highest BCUT2D eigenvalue weighted by Crippen LogP contribution is 2.28. The maximum absolute atomic E-state index is 12.9. The van der Waals surface area contributed by atoms with Gasteiger partial charge < -0.3 is 33.8 Å². The maximum atomic E-state index is 12.9. The third kappa shape index (κ3) is 22.4. The lowest BCUT2D eigenvalue weighted by molar-refractivity contribution is 0.300. The zero-order chi connectivity index (χ0) is 89.7. The number of pyridine rings is 7. The summed E-state index contributed by atoms with van der Waals surface area (Å²) < 4.78 is 32.1. The highest BCUT2D eigenvalue weighted by Gasteiger charge is 2.20. The summed E-state index contributed by atoms with van der Waals surface area (Å²) in [6.45, 7) is 25.1. The molecule has 17 aromatic rings. The van der Waals surface area contributed by atoms with Crippen molar-refractivity contribution in [2.24, 2.45) is 0 Å². The van der Waals surface area contributed by atoms with E-state index in [2.05, 4.69) is 122 Å². The Kier molecular flexibility index (Phi) is 28.4. The number of fused-ring (bicyclic) bond motifs is 4. The lowest BCUT2D eigenvalue weighted by atomic mass is 10.0. The maximum Gasteiger partial charge on any atom is 0.258 e. The fourth-order valence-corrected chi connectivity index (χ4v) is 17.5. The molecule has 668 valence electrons. The summed E-state index contributed by atoms with van der Waals surface area (Å²) in [5, 5.41) is 22.4. The second kappa shape index (κ2) is 42.6. The van der Waals surface area contributed by atoms with Crippen molar-refractivity contribution in [3.8, 4) is 51.1 Å². The van der Waals surface area contributed by atoms with E-state index in [-0.39, 0.29) is 28.8 Å². The summed E-state index contributed by atoms with van der Waals surface area (Å²) in [5.41, 5.74) is 14.8. The summed E-state index contributed by atoms with van der Waals surface area (Å²) in [6.07, 6.45) is 33.4. The molecule has 11 aromatic heterocycles. The molecule has 0 unspecified atom stereocenters. The van der Waals surface area contributed by atoms with Gasteiger partial charge in [0.25, 0.3) is 22.2 Å². The van der Waals surface area contributed by atoms with E-state index in [1.807, 2.05) is 157 Å². The van der Waals surface area contributed by atoms with Crippen LogP contribution in [0.1, 0.15) is 79.4 Å². The molecule has 6 aromatic carbocycles. The van der Waals surface area contributed by atoms with Crippen LogP contribution in [0.3, 0.4) is 0 Å². The van der Waals surface area contributed by atoms with Gasteiger partial charge in [0, 0.05) is 156 Å². The minimum atomic E-state index is -0.176. The molecule has 4 saturated heterocycles. The Morgan fingerprint density at radius 2 is 0.705 bits per heavy atom. The van der Waals surface area contributed by atoms with Gasteiger partial charge in [-0.15, -0.1) is 0 Å². The number of hydrogen-bond acceptors (Lipinski definition) is 18. The summed E-state index contributed by atoms with van der Waals surface area (Å²) >= 11 is 0. The van der Waals surface area contributed by atoms with Gasteiger partial charge in [-0.3, -0.25) is 71.1 Å². The molecule has 0 N–H and O–H groups in total. The molecule has 0 amide bonds. The summed E-state index contributed by atoms with van der Waals surface area (Å²) in [6, 6.07) is 69.6. The van der Waals surface area contributed by atoms with E-state index in [1.165, 1.54) is 133 Å². The number of aryl methyl sites for hydroxylation is 2. The van der Waals surface area contributed by atoms with Crippen LogP contribution in [0.25, 0.3) is 82.3 Å². The largest absolute Gasteiger partial charge is 0.489 e. The van der Waals surface area contributed by atoms with Crippen molar-refractivity contribution in [3.05, 3.63) is 374 Å². The first-order valence-electron chi connectivity index (χ1n) is 45.7. The second-order valence-corrected chi connectivity index (χ2v) is 33.8. The highest BCUT2D eigenvalue weighted by molar-refractivity contribution is 5.83. The minimum absolute atomic E-state index is 0.0145. The van der Waals surface area contributed by atoms with Gasteiger partial charge in [0.05, 0.1) is 85.3 Å². The third-order valence-electron chi connectivity index (χ3n) is 24.9. The number of nitrogens with zero attached hydrogens (tertiary/aromatic N) is 20. The molecule has 0 atom stereocenters. The summed E-state index contributed by atoms with van der Waals surface area (Å²) in [4.78, 5) is 77.0. The van der Waals surface area contributed by atoms with E-state index >= 15 is 0 Å². The predicted molar refractivity (Wildman–Crippen MR) is 515 cm³/mol. The first kappa shape index (κ1) is 87.8. The molecule has 0 spiro atoms. The fraction of sp³-hybridized carbons (Fsp3) is 0.276. The lowest BCUT2D eigenvalue weighted by Gasteiger charge is -2.14. The van der Waals surface area contributed by atoms with Crippen molar-refractivity contribution in [1.29, 1.82) is 0 Å². The number of benzene rings is 6. The van der Waals surface area contributed by atoms with Gasteiger partial charge in [-0.2, -0.15) is 20.4 Å². The zero-order valence-electron chi connectivity index (χ0n) is 74.0. The predicted octanol–water partition coefficient (Wildman–Crippen LogP) is 16.1. The van der Waals surface area contributed by atoms with Crippen molar-refractivity contribution >= 4 is 49.3 Å². The van der Waals surface area contributed by atoms with Gasteiger partial charge in [0.2, 0.25) is 5.69 Å². The molecular weight excluding hydrogens is 1650 g/mol. The van der Waals surface area contributed by atoms with Crippen LogP contribution in [0.2, 0.25) is 0 Å². The molecule has 27 nitrogen and oxygen atoms in total. The number of ether oxygens (including phenoxy) is 3. The summed E-state index contributed by atoms with van der Waals surface area (Å²) in [7, 11) is 0. The lowest BCUT2D eigenvalue weighted by Crippen LogP contribution is -2.24. The minimum Gasteiger partial charge on any atom is -0.489 e. The Bertz CT molecular complexity index is 6840. The van der Waals surface area contributed by atoms with Gasteiger partial charge >= 0.3 is 0 Å². The number of rotatable bonds is 29. The van der Waals surface area contributed by atoms with Crippen LogP contribution in [-0.4, -0.2) is 170 Å². The molecule has 15 heterocycles. The molecule has 0 saturated carbocycles. The highest BCUT2D eigenvalue weighted by atomic mass is 16.5. The van der Waals surface area contributed by atoms with Crippen molar-refractivity contribution < 1.29 is 14.2 Å². The Hall–Kier alpha value is -14.8. The Balaban J connectivity index is 0.000000118. The van der Waals surface area contributed by atoms with Crippen molar-refractivity contribution in [2.75, 3.05) is 78.5 Å². The van der Waals surface area contributed by atoms with E-state index < -0.39 is 0 Å². The quantitative estimate of drug-likeness (QED) is 0.0396. The molecule has 0 radical (unpaired) electrons. The SMILES string of the molecule is O=c1cc(CCc2ccccn2)ccn1-c1ccc2c(cnn2CCN2CCCC2)c1.O=c1cc(OCc2ccc(-c3ccccc3)cc2)ccn1-c1ccc2c(cnn2CCN2CCCC2)c1.O=c1cc(OCc2cccnc2)ccn1-c1ccc2c(cnn2CCN2CCCC2)c1.[C-]#[N+]c1ccc(COc2ccn(-c3ccc4c(cnn4CCN4CCCC4)c3)c(=O)c2)nc1.